The molecule has 0 unspecified atom stereocenters. The number of amides is 2. The Labute approximate surface area is 240 Å². The zero-order valence-electron chi connectivity index (χ0n) is 24.3. The number of rotatable bonds is 10. The Morgan fingerprint density at radius 1 is 0.975 bits per heavy atom. The van der Waals surface area contributed by atoms with E-state index in [0.29, 0.717) is 13.0 Å². The number of benzene rings is 3. The molecule has 40 heavy (non-hydrogen) atoms. The monoisotopic (exact) mass is 555 g/mol. The maximum Gasteiger partial charge on any atom is 0.417 e. The molecule has 0 spiro atoms. The number of ether oxygens (including phenoxy) is 1. The summed E-state index contributed by atoms with van der Waals surface area (Å²) in [5.74, 6) is -0.770. The van der Waals surface area contributed by atoms with Gasteiger partial charge in [0.15, 0.2) is 0 Å². The Bertz CT molecular complexity index is 1270. The molecule has 3 atom stereocenters. The molecule has 3 aromatic rings. The van der Waals surface area contributed by atoms with Crippen LogP contribution in [0.15, 0.2) is 104 Å². The van der Waals surface area contributed by atoms with Crippen LogP contribution in [-0.2, 0) is 14.0 Å². The van der Waals surface area contributed by atoms with Crippen molar-refractivity contribution in [1.82, 2.24) is 4.90 Å². The van der Waals surface area contributed by atoms with E-state index >= 15 is 0 Å². The fourth-order valence-electron chi connectivity index (χ4n) is 5.76. The molecule has 1 aliphatic heterocycles. The van der Waals surface area contributed by atoms with Crippen molar-refractivity contribution in [2.75, 3.05) is 13.2 Å². The first-order chi connectivity index (χ1) is 19.0. The van der Waals surface area contributed by atoms with Gasteiger partial charge in [0.05, 0.1) is 0 Å². The Balaban J connectivity index is 1.60. The number of allylic oxidation sites excluding steroid dienone is 1. The average Bonchev–Trinajstić information content (AvgIpc) is 3.36. The highest BCUT2D eigenvalue weighted by Gasteiger charge is 2.51. The lowest BCUT2D eigenvalue weighted by molar-refractivity contribution is -0.136. The molecule has 0 bridgehead atoms. The summed E-state index contributed by atoms with van der Waals surface area (Å²) in [5, 5.41) is 2.27. The van der Waals surface area contributed by atoms with Crippen LogP contribution in [0.25, 0.3) is 0 Å². The van der Waals surface area contributed by atoms with Crippen LogP contribution in [-0.4, -0.2) is 38.4 Å². The van der Waals surface area contributed by atoms with Crippen LogP contribution in [0.4, 0.5) is 4.79 Å². The van der Waals surface area contributed by atoms with Gasteiger partial charge in [0.1, 0.15) is 12.6 Å². The maximum absolute atomic E-state index is 13.9. The lowest BCUT2D eigenvalue weighted by Crippen LogP contribution is -2.66. The van der Waals surface area contributed by atoms with Gasteiger partial charge in [-0.15, -0.1) is 6.58 Å². The first-order valence-corrected chi connectivity index (χ1v) is 15.9. The molecular formula is C34H41NO4Si. The molecule has 1 aliphatic rings. The van der Waals surface area contributed by atoms with E-state index in [0.717, 1.165) is 5.56 Å². The highest BCUT2D eigenvalue weighted by atomic mass is 28.4. The van der Waals surface area contributed by atoms with Crippen LogP contribution in [0.2, 0.25) is 5.04 Å². The van der Waals surface area contributed by atoms with E-state index in [1.165, 1.54) is 15.3 Å². The summed E-state index contributed by atoms with van der Waals surface area (Å²) in [6.45, 7) is 15.4. The molecule has 2 amide bonds. The molecule has 0 N–H and O–H groups in total. The minimum absolute atomic E-state index is 0.149. The topological polar surface area (TPSA) is 55.8 Å². The molecular weight excluding hydrogens is 514 g/mol. The number of hydrogen-bond donors (Lipinski definition) is 0. The van der Waals surface area contributed by atoms with E-state index in [-0.39, 0.29) is 17.6 Å². The van der Waals surface area contributed by atoms with E-state index in [9.17, 15) is 9.59 Å². The third-order valence-corrected chi connectivity index (χ3v) is 13.5. The summed E-state index contributed by atoms with van der Waals surface area (Å²) < 4.78 is 12.4. The van der Waals surface area contributed by atoms with Crippen molar-refractivity contribution in [2.24, 2.45) is 11.3 Å². The van der Waals surface area contributed by atoms with Gasteiger partial charge in [-0.1, -0.05) is 132 Å². The van der Waals surface area contributed by atoms with Gasteiger partial charge in [-0.25, -0.2) is 9.69 Å². The fourth-order valence-corrected chi connectivity index (χ4v) is 10.3. The third-order valence-electron chi connectivity index (χ3n) is 8.50. The standard InChI is InChI=1S/C34H41NO4Si/c1-7-34(6,26(2)31(36)35-30(25-38-32(35)37)27-17-11-8-12-18-27)23-24-39-40(33(3,4)5,28-19-13-9-14-20-28)29-21-15-10-16-22-29/h7-22,26,30H,1,23-25H2,2-6H3/t26-,30+,34+/m1/s1. The van der Waals surface area contributed by atoms with E-state index in [4.69, 9.17) is 9.16 Å². The third kappa shape index (κ3) is 5.56. The highest BCUT2D eigenvalue weighted by Crippen LogP contribution is 2.40. The average molecular weight is 556 g/mol. The molecule has 1 saturated heterocycles. The molecule has 4 rings (SSSR count). The van der Waals surface area contributed by atoms with Crippen LogP contribution in [0.1, 0.15) is 52.6 Å². The fraction of sp³-hybridized carbons (Fsp3) is 0.353. The first kappa shape index (κ1) is 29.5. The van der Waals surface area contributed by atoms with Crippen molar-refractivity contribution in [3.8, 4) is 0 Å². The number of hydrogen-bond acceptors (Lipinski definition) is 4. The molecule has 0 aromatic heterocycles. The maximum atomic E-state index is 13.9. The van der Waals surface area contributed by atoms with Crippen molar-refractivity contribution in [3.05, 3.63) is 109 Å². The van der Waals surface area contributed by atoms with E-state index < -0.39 is 31.8 Å². The molecule has 3 aromatic carbocycles. The quantitative estimate of drug-likeness (QED) is 0.212. The smallest absolute Gasteiger partial charge is 0.417 e. The summed E-state index contributed by atoms with van der Waals surface area (Å²) in [6, 6.07) is 30.2. The molecule has 0 aliphatic carbocycles. The summed E-state index contributed by atoms with van der Waals surface area (Å²) in [7, 11) is -2.72. The zero-order valence-corrected chi connectivity index (χ0v) is 25.3. The Hall–Kier alpha value is -3.48. The Morgan fingerprint density at radius 2 is 1.48 bits per heavy atom. The lowest BCUT2D eigenvalue weighted by Gasteiger charge is -2.44. The normalized spacial score (nSPS) is 18.1. The van der Waals surface area contributed by atoms with Gasteiger partial charge in [0.2, 0.25) is 5.91 Å². The van der Waals surface area contributed by atoms with Crippen molar-refractivity contribution >= 4 is 30.7 Å². The summed E-state index contributed by atoms with van der Waals surface area (Å²) in [5.41, 5.74) is 0.274. The van der Waals surface area contributed by atoms with Gasteiger partial charge < -0.3 is 9.16 Å². The Kier molecular flexibility index (Phi) is 8.81. The number of carbonyl (C=O) groups excluding carboxylic acids is 2. The van der Waals surface area contributed by atoms with Gasteiger partial charge in [0.25, 0.3) is 8.32 Å². The number of carbonyl (C=O) groups is 2. The molecule has 0 saturated carbocycles. The molecule has 5 nitrogen and oxygen atoms in total. The predicted octanol–water partition coefficient (Wildman–Crippen LogP) is 6.50. The molecule has 210 valence electrons. The van der Waals surface area contributed by atoms with Crippen LogP contribution < -0.4 is 10.4 Å². The second kappa shape index (κ2) is 11.9. The highest BCUT2D eigenvalue weighted by molar-refractivity contribution is 6.99. The van der Waals surface area contributed by atoms with Gasteiger partial charge >= 0.3 is 6.09 Å². The van der Waals surface area contributed by atoms with Crippen molar-refractivity contribution in [3.63, 3.8) is 0 Å². The number of nitrogens with zero attached hydrogens (tertiary/aromatic N) is 1. The second-order valence-corrected chi connectivity index (χ2v) is 16.2. The minimum Gasteiger partial charge on any atom is -0.446 e. The summed E-state index contributed by atoms with van der Waals surface area (Å²) >= 11 is 0. The van der Waals surface area contributed by atoms with E-state index in [1.54, 1.807) is 0 Å². The Morgan fingerprint density at radius 3 is 1.95 bits per heavy atom. The molecule has 0 radical (unpaired) electrons. The van der Waals surface area contributed by atoms with Crippen LogP contribution in [0.3, 0.4) is 0 Å². The van der Waals surface area contributed by atoms with Crippen LogP contribution >= 0.6 is 0 Å². The van der Waals surface area contributed by atoms with Crippen LogP contribution in [0, 0.1) is 11.3 Å². The molecule has 1 fully saturated rings. The van der Waals surface area contributed by atoms with Gasteiger partial charge in [0, 0.05) is 12.5 Å². The van der Waals surface area contributed by atoms with Gasteiger partial charge in [-0.2, -0.15) is 0 Å². The summed E-state index contributed by atoms with van der Waals surface area (Å²) in [4.78, 5) is 27.9. The SMILES string of the molecule is C=C[C@@](C)(CCO[Si](c1ccccc1)(c1ccccc1)C(C)(C)C)[C@H](C)C(=O)N1C(=O)OC[C@H]1c1ccccc1. The van der Waals surface area contributed by atoms with Crippen molar-refractivity contribution in [2.45, 2.75) is 52.1 Å². The second-order valence-electron chi connectivity index (χ2n) is 11.9. The number of imide groups is 1. The van der Waals surface area contributed by atoms with Crippen LogP contribution in [0.5, 0.6) is 0 Å². The van der Waals surface area contributed by atoms with Gasteiger partial charge in [-0.05, 0) is 32.8 Å². The molecule has 6 heteroatoms. The minimum atomic E-state index is -2.72. The van der Waals surface area contributed by atoms with Crippen molar-refractivity contribution in [1.29, 1.82) is 0 Å². The van der Waals surface area contributed by atoms with Gasteiger partial charge in [-0.3, -0.25) is 4.79 Å². The molecule has 1 heterocycles. The number of cyclic esters (lactones) is 1. The predicted molar refractivity (Wildman–Crippen MR) is 163 cm³/mol. The lowest BCUT2D eigenvalue weighted by atomic mass is 9.75. The zero-order chi connectivity index (χ0) is 29.0. The first-order valence-electron chi connectivity index (χ1n) is 14.0. The summed E-state index contributed by atoms with van der Waals surface area (Å²) in [6.07, 6.45) is 1.82. The van der Waals surface area contributed by atoms with E-state index in [1.807, 2.05) is 62.4 Å². The largest absolute Gasteiger partial charge is 0.446 e. The van der Waals surface area contributed by atoms with E-state index in [2.05, 4.69) is 75.9 Å². The van der Waals surface area contributed by atoms with Crippen molar-refractivity contribution < 1.29 is 18.8 Å².